The van der Waals surface area contributed by atoms with Crippen LogP contribution in [0.25, 0.3) is 0 Å². The second kappa shape index (κ2) is 5.16. The van der Waals surface area contributed by atoms with E-state index in [2.05, 4.69) is 4.98 Å². The van der Waals surface area contributed by atoms with Crippen LogP contribution in [0.15, 0.2) is 12.1 Å². The quantitative estimate of drug-likeness (QED) is 0.814. The van der Waals surface area contributed by atoms with Crippen LogP contribution in [0.3, 0.4) is 0 Å². The molecule has 19 heavy (non-hydrogen) atoms. The van der Waals surface area contributed by atoms with E-state index in [4.69, 9.17) is 0 Å². The van der Waals surface area contributed by atoms with E-state index in [9.17, 15) is 18.0 Å². The van der Waals surface area contributed by atoms with Gasteiger partial charge in [0.25, 0.3) is 5.91 Å². The number of carbonyl (C=O) groups excluding carboxylic acids is 2. The van der Waals surface area contributed by atoms with Gasteiger partial charge in [-0.25, -0.2) is 8.42 Å². The van der Waals surface area contributed by atoms with E-state index >= 15 is 0 Å². The molecule has 1 aromatic rings. The van der Waals surface area contributed by atoms with E-state index in [0.29, 0.717) is 30.6 Å². The Hall–Kier alpha value is -1.63. The molecule has 1 aromatic heterocycles. The summed E-state index contributed by atoms with van der Waals surface area (Å²) in [7, 11) is -3.03. The molecule has 0 bridgehead atoms. The van der Waals surface area contributed by atoms with Crippen molar-refractivity contribution in [2.75, 3.05) is 18.1 Å². The Morgan fingerprint density at radius 2 is 2.26 bits per heavy atom. The molecule has 2 rings (SSSR count). The third-order valence-corrected chi connectivity index (χ3v) is 5.07. The lowest BCUT2D eigenvalue weighted by molar-refractivity contribution is 0.0703. The van der Waals surface area contributed by atoms with E-state index in [0.717, 1.165) is 0 Å². The second-order valence-electron chi connectivity index (χ2n) is 4.59. The van der Waals surface area contributed by atoms with E-state index in [-0.39, 0.29) is 23.5 Å². The molecule has 7 heteroatoms. The lowest BCUT2D eigenvalue weighted by Crippen LogP contribution is -2.41. The molecular weight excluding hydrogens is 268 g/mol. The highest BCUT2D eigenvalue weighted by Crippen LogP contribution is 2.19. The summed E-state index contributed by atoms with van der Waals surface area (Å²) in [5.41, 5.74) is 0.645. The summed E-state index contributed by atoms with van der Waals surface area (Å²) in [4.78, 5) is 27.1. The molecule has 2 heterocycles. The SMILES string of the molecule is CCN(C(=O)c1ccc(C=O)[nH]1)C1CCS(=O)(=O)C1. The van der Waals surface area contributed by atoms with Crippen LogP contribution in [-0.2, 0) is 9.84 Å². The van der Waals surface area contributed by atoms with Crippen LogP contribution in [0, 0.1) is 0 Å². The normalized spacial score (nSPS) is 21.2. The number of H-pyrrole nitrogens is 1. The first kappa shape index (κ1) is 13.8. The minimum Gasteiger partial charge on any atom is -0.348 e. The number of hydrogen-bond donors (Lipinski definition) is 1. The van der Waals surface area contributed by atoms with Crippen molar-refractivity contribution in [3.63, 3.8) is 0 Å². The van der Waals surface area contributed by atoms with Crippen molar-refractivity contribution in [2.45, 2.75) is 19.4 Å². The number of aldehydes is 1. The van der Waals surface area contributed by atoms with Crippen molar-refractivity contribution >= 4 is 22.0 Å². The van der Waals surface area contributed by atoms with Crippen molar-refractivity contribution < 1.29 is 18.0 Å². The van der Waals surface area contributed by atoms with Gasteiger partial charge in [-0.05, 0) is 25.5 Å². The number of carbonyl (C=O) groups is 2. The maximum Gasteiger partial charge on any atom is 0.270 e. The van der Waals surface area contributed by atoms with Gasteiger partial charge in [-0.2, -0.15) is 0 Å². The summed E-state index contributed by atoms with van der Waals surface area (Å²) in [6.45, 7) is 2.25. The molecule has 104 valence electrons. The largest absolute Gasteiger partial charge is 0.348 e. The topological polar surface area (TPSA) is 87.3 Å². The van der Waals surface area contributed by atoms with Crippen LogP contribution >= 0.6 is 0 Å². The number of aromatic amines is 1. The molecule has 0 radical (unpaired) electrons. The maximum atomic E-state index is 12.3. The van der Waals surface area contributed by atoms with E-state index < -0.39 is 9.84 Å². The fourth-order valence-electron chi connectivity index (χ4n) is 2.35. The first-order valence-electron chi connectivity index (χ1n) is 6.12. The Kier molecular flexibility index (Phi) is 3.75. The third-order valence-electron chi connectivity index (χ3n) is 3.32. The number of hydrogen-bond acceptors (Lipinski definition) is 4. The zero-order valence-electron chi connectivity index (χ0n) is 10.6. The van der Waals surface area contributed by atoms with Crippen LogP contribution in [0.2, 0.25) is 0 Å². The van der Waals surface area contributed by atoms with Gasteiger partial charge in [0.2, 0.25) is 0 Å². The van der Waals surface area contributed by atoms with Crippen molar-refractivity contribution in [3.8, 4) is 0 Å². The van der Waals surface area contributed by atoms with Gasteiger partial charge in [-0.15, -0.1) is 0 Å². The van der Waals surface area contributed by atoms with Crippen LogP contribution in [0.4, 0.5) is 0 Å². The Balaban J connectivity index is 2.18. The molecule has 6 nitrogen and oxygen atoms in total. The summed E-state index contributed by atoms with van der Waals surface area (Å²) in [5.74, 6) is -0.114. The highest BCUT2D eigenvalue weighted by molar-refractivity contribution is 7.91. The average molecular weight is 284 g/mol. The van der Waals surface area contributed by atoms with Crippen LogP contribution in [0.1, 0.15) is 34.3 Å². The van der Waals surface area contributed by atoms with Crippen molar-refractivity contribution in [1.82, 2.24) is 9.88 Å². The smallest absolute Gasteiger partial charge is 0.270 e. The van der Waals surface area contributed by atoms with Gasteiger partial charge in [0.15, 0.2) is 16.1 Å². The Morgan fingerprint density at radius 3 is 2.74 bits per heavy atom. The summed E-state index contributed by atoms with van der Waals surface area (Å²) in [6.07, 6.45) is 1.11. The fourth-order valence-corrected chi connectivity index (χ4v) is 4.08. The van der Waals surface area contributed by atoms with Crippen molar-refractivity contribution in [2.24, 2.45) is 0 Å². The highest BCUT2D eigenvalue weighted by atomic mass is 32.2. The fraction of sp³-hybridized carbons (Fsp3) is 0.500. The Morgan fingerprint density at radius 1 is 1.53 bits per heavy atom. The zero-order valence-corrected chi connectivity index (χ0v) is 11.4. The maximum absolute atomic E-state index is 12.3. The average Bonchev–Trinajstić information content (AvgIpc) is 2.96. The number of sulfone groups is 1. The van der Waals surface area contributed by atoms with E-state index in [1.54, 1.807) is 4.90 Å². The highest BCUT2D eigenvalue weighted by Gasteiger charge is 2.34. The van der Waals surface area contributed by atoms with Gasteiger partial charge in [-0.3, -0.25) is 9.59 Å². The number of aromatic nitrogens is 1. The standard InChI is InChI=1S/C12H16N2O4S/c1-2-14(10-5-6-19(17,18)8-10)12(16)11-4-3-9(7-15)13-11/h3-4,7,10,13H,2,5-6,8H2,1H3. The molecule has 0 aliphatic carbocycles. The van der Waals surface area contributed by atoms with E-state index in [1.807, 2.05) is 6.92 Å². The van der Waals surface area contributed by atoms with Gasteiger partial charge < -0.3 is 9.88 Å². The molecule has 1 aliphatic rings. The van der Waals surface area contributed by atoms with Crippen molar-refractivity contribution in [1.29, 1.82) is 0 Å². The minimum atomic E-state index is -3.03. The van der Waals surface area contributed by atoms with Gasteiger partial charge in [0.05, 0.1) is 17.2 Å². The first-order valence-corrected chi connectivity index (χ1v) is 7.94. The molecule has 1 amide bonds. The molecule has 0 saturated carbocycles. The minimum absolute atomic E-state index is 0.0217. The predicted molar refractivity (Wildman–Crippen MR) is 69.9 cm³/mol. The van der Waals surface area contributed by atoms with Gasteiger partial charge in [0, 0.05) is 12.6 Å². The lowest BCUT2D eigenvalue weighted by atomic mass is 10.2. The number of rotatable bonds is 4. The van der Waals surface area contributed by atoms with Gasteiger partial charge >= 0.3 is 0 Å². The predicted octanol–water partition coefficient (Wildman–Crippen LogP) is 0.476. The van der Waals surface area contributed by atoms with Crippen LogP contribution < -0.4 is 0 Å². The molecule has 0 aromatic carbocycles. The molecule has 1 atom stereocenters. The van der Waals surface area contributed by atoms with Gasteiger partial charge in [0.1, 0.15) is 5.69 Å². The molecule has 1 N–H and O–H groups in total. The summed E-state index contributed by atoms with van der Waals surface area (Å²) >= 11 is 0. The number of amides is 1. The monoisotopic (exact) mass is 284 g/mol. The molecule has 0 spiro atoms. The number of nitrogens with one attached hydrogen (secondary N) is 1. The van der Waals surface area contributed by atoms with E-state index in [1.165, 1.54) is 12.1 Å². The molecule has 1 saturated heterocycles. The molecule has 1 fully saturated rings. The van der Waals surface area contributed by atoms with Crippen LogP contribution in [0.5, 0.6) is 0 Å². The summed E-state index contributed by atoms with van der Waals surface area (Å²) in [6, 6.07) is 2.79. The Bertz CT molecular complexity index is 591. The zero-order chi connectivity index (χ0) is 14.0. The summed E-state index contributed by atoms with van der Waals surface area (Å²) in [5, 5.41) is 0. The third kappa shape index (κ3) is 2.86. The van der Waals surface area contributed by atoms with Crippen molar-refractivity contribution in [3.05, 3.63) is 23.5 Å². The Labute approximate surface area is 111 Å². The molecular formula is C12H16N2O4S. The molecule has 1 unspecified atom stereocenters. The summed E-state index contributed by atoms with van der Waals surface area (Å²) < 4.78 is 23.0. The number of nitrogens with zero attached hydrogens (tertiary/aromatic N) is 1. The lowest BCUT2D eigenvalue weighted by Gasteiger charge is -2.26. The van der Waals surface area contributed by atoms with Crippen LogP contribution in [-0.4, -0.2) is 54.6 Å². The second-order valence-corrected chi connectivity index (χ2v) is 6.82. The van der Waals surface area contributed by atoms with Gasteiger partial charge in [-0.1, -0.05) is 0 Å². The molecule has 1 aliphatic heterocycles. The first-order chi connectivity index (χ1) is 8.96.